The second kappa shape index (κ2) is 18.5. The monoisotopic (exact) mass is 845 g/mol. The number of nitrogens with one attached hydrogen (secondary N) is 1. The Morgan fingerprint density at radius 1 is 0.934 bits per heavy atom. The predicted octanol–water partition coefficient (Wildman–Crippen LogP) is 4.60. The number of likely N-dealkylation sites (tertiary alicyclic amines) is 1. The molecule has 2 fully saturated rings. The predicted molar refractivity (Wildman–Crippen MR) is 220 cm³/mol. The van der Waals surface area contributed by atoms with Crippen LogP contribution in [0.3, 0.4) is 0 Å². The number of amides is 3. The highest BCUT2D eigenvalue weighted by Gasteiger charge is 2.35. The third-order valence-corrected chi connectivity index (χ3v) is 12.3. The van der Waals surface area contributed by atoms with E-state index in [1.165, 1.54) is 12.4 Å². The highest BCUT2D eigenvalue weighted by atomic mass is 19.3. The SMILES string of the molecule is CNC(=O)N1CCc2c(c(N3CCCc4cc(-c5cnn(C)c5)c(C(F)F)cc43)nn2C2CCN(C(=O)COCCOCC3CCN(c4ncc(C(=O)O)cn4)CC3)CC2)C1. The standard InChI is InChI=1S/C42H53F2N11O6/c1-45-42(59)53-15-9-35-34(24-53)39(54-10-3-4-28-18-32(30-22-48-50(2)23-30)33(38(43)44)19-36(28)54)49-55(35)31-7-13-51(14-8-31)37(56)26-61-17-16-60-25-27-5-11-52(12-6-27)41-46-20-29(21-47-41)40(57)58/h18-23,27,31,38H,3-17,24-26H2,1-2H3,(H,45,59)(H,57,58). The van der Waals surface area contributed by atoms with Gasteiger partial charge in [-0.2, -0.15) is 10.2 Å². The molecule has 0 atom stereocenters. The van der Waals surface area contributed by atoms with Gasteiger partial charge in [-0.25, -0.2) is 28.3 Å². The molecular formula is C42H53F2N11O6. The molecule has 4 aliphatic rings. The first-order chi connectivity index (χ1) is 29.6. The summed E-state index contributed by atoms with van der Waals surface area (Å²) in [6.45, 7) is 5.35. The molecule has 3 amide bonds. The number of hydrogen-bond acceptors (Lipinski definition) is 11. The number of carboxylic acids is 1. The van der Waals surface area contributed by atoms with Crippen molar-refractivity contribution in [3.05, 3.63) is 64.9 Å². The molecule has 2 saturated heterocycles. The molecule has 8 rings (SSSR count). The fraction of sp³-hybridized carbons (Fsp3) is 0.548. The summed E-state index contributed by atoms with van der Waals surface area (Å²) >= 11 is 0. The van der Waals surface area contributed by atoms with Crippen molar-refractivity contribution in [2.45, 2.75) is 64.0 Å². The molecule has 7 heterocycles. The molecule has 3 aromatic heterocycles. The van der Waals surface area contributed by atoms with Gasteiger partial charge in [0.05, 0.1) is 37.6 Å². The molecule has 2 N–H and O–H groups in total. The summed E-state index contributed by atoms with van der Waals surface area (Å²) in [6, 6.07) is 3.33. The van der Waals surface area contributed by atoms with Crippen molar-refractivity contribution in [1.29, 1.82) is 0 Å². The number of aromatic nitrogens is 6. The molecule has 0 unspecified atom stereocenters. The number of nitrogens with zero attached hydrogens (tertiary/aromatic N) is 10. The molecular weight excluding hydrogens is 793 g/mol. The van der Waals surface area contributed by atoms with Crippen LogP contribution in [0.25, 0.3) is 11.1 Å². The van der Waals surface area contributed by atoms with Gasteiger partial charge >= 0.3 is 12.0 Å². The highest BCUT2D eigenvalue weighted by molar-refractivity contribution is 5.86. The van der Waals surface area contributed by atoms with Crippen LogP contribution in [0.2, 0.25) is 0 Å². The zero-order valence-electron chi connectivity index (χ0n) is 34.6. The number of benzene rings is 1. The van der Waals surface area contributed by atoms with Crippen LogP contribution < -0.4 is 15.1 Å². The Morgan fingerprint density at radius 3 is 2.38 bits per heavy atom. The van der Waals surface area contributed by atoms with Crippen molar-refractivity contribution >= 4 is 35.4 Å². The fourth-order valence-corrected chi connectivity index (χ4v) is 9.01. The number of fused-ring (bicyclic) bond motifs is 2. The number of carboxylic acid groups (broad SMARTS) is 1. The number of alkyl halides is 2. The lowest BCUT2D eigenvalue weighted by molar-refractivity contribution is -0.138. The molecule has 0 aliphatic carbocycles. The maximum Gasteiger partial charge on any atom is 0.338 e. The largest absolute Gasteiger partial charge is 0.478 e. The Balaban J connectivity index is 0.858. The summed E-state index contributed by atoms with van der Waals surface area (Å²) in [6.07, 6.45) is 8.68. The van der Waals surface area contributed by atoms with Gasteiger partial charge in [0.1, 0.15) is 6.61 Å². The average molecular weight is 846 g/mol. The van der Waals surface area contributed by atoms with Crippen LogP contribution in [0.5, 0.6) is 0 Å². The van der Waals surface area contributed by atoms with E-state index >= 15 is 0 Å². The molecule has 17 nitrogen and oxygen atoms in total. The average Bonchev–Trinajstić information content (AvgIpc) is 3.90. The smallest absolute Gasteiger partial charge is 0.338 e. The van der Waals surface area contributed by atoms with Crippen LogP contribution in [-0.4, -0.2) is 135 Å². The van der Waals surface area contributed by atoms with Crippen LogP contribution in [-0.2, 0) is 40.7 Å². The van der Waals surface area contributed by atoms with E-state index in [-0.39, 0.29) is 35.7 Å². The first-order valence-corrected chi connectivity index (χ1v) is 21.1. The van der Waals surface area contributed by atoms with Gasteiger partial charge in [0, 0.05) is 113 Å². The van der Waals surface area contributed by atoms with Crippen molar-refractivity contribution in [3.63, 3.8) is 0 Å². The molecule has 4 aromatic rings. The van der Waals surface area contributed by atoms with E-state index in [0.29, 0.717) is 106 Å². The van der Waals surface area contributed by atoms with Gasteiger partial charge in [0.25, 0.3) is 6.43 Å². The molecule has 61 heavy (non-hydrogen) atoms. The quantitative estimate of drug-likeness (QED) is 0.179. The molecule has 0 radical (unpaired) electrons. The Kier molecular flexibility index (Phi) is 12.8. The molecule has 0 bridgehead atoms. The van der Waals surface area contributed by atoms with Gasteiger partial charge < -0.3 is 39.5 Å². The number of halogens is 2. The fourth-order valence-electron chi connectivity index (χ4n) is 9.01. The molecule has 4 aliphatic heterocycles. The summed E-state index contributed by atoms with van der Waals surface area (Å²) < 4.78 is 44.7. The number of carbonyl (C=O) groups excluding carboxylic acids is 2. The topological polar surface area (TPSA) is 176 Å². The number of aromatic carboxylic acids is 1. The van der Waals surface area contributed by atoms with Crippen molar-refractivity contribution in [3.8, 4) is 11.1 Å². The molecule has 1 aromatic carbocycles. The van der Waals surface area contributed by atoms with Crippen LogP contribution in [0.1, 0.15) is 77.3 Å². The number of aryl methyl sites for hydroxylation is 2. The Hall–Kier alpha value is -5.69. The number of anilines is 3. The van der Waals surface area contributed by atoms with E-state index in [1.807, 2.05) is 15.9 Å². The minimum Gasteiger partial charge on any atom is -0.478 e. The molecule has 326 valence electrons. The normalized spacial score (nSPS) is 17.5. The van der Waals surface area contributed by atoms with E-state index < -0.39 is 12.4 Å². The second-order valence-corrected chi connectivity index (χ2v) is 16.2. The Bertz CT molecular complexity index is 2200. The number of urea groups is 1. The number of piperidine rings is 2. The zero-order chi connectivity index (χ0) is 42.6. The number of ether oxygens (including phenoxy) is 2. The molecule has 0 spiro atoms. The van der Waals surface area contributed by atoms with Crippen LogP contribution in [0.15, 0.2) is 36.9 Å². The minimum atomic E-state index is -2.69. The van der Waals surface area contributed by atoms with Gasteiger partial charge in [-0.05, 0) is 67.7 Å². The van der Waals surface area contributed by atoms with Crippen LogP contribution in [0.4, 0.5) is 31.0 Å². The lowest BCUT2D eigenvalue weighted by Gasteiger charge is -2.34. The van der Waals surface area contributed by atoms with Crippen molar-refractivity contribution in [1.82, 2.24) is 44.6 Å². The zero-order valence-corrected chi connectivity index (χ0v) is 34.6. The summed E-state index contributed by atoms with van der Waals surface area (Å²) in [5.74, 6) is 0.480. The van der Waals surface area contributed by atoms with Gasteiger partial charge in [-0.15, -0.1) is 0 Å². The third-order valence-electron chi connectivity index (χ3n) is 12.3. The van der Waals surface area contributed by atoms with Gasteiger partial charge in [0.15, 0.2) is 5.82 Å². The van der Waals surface area contributed by atoms with Crippen molar-refractivity contribution in [2.75, 3.05) is 82.5 Å². The van der Waals surface area contributed by atoms with E-state index in [1.54, 1.807) is 42.1 Å². The van der Waals surface area contributed by atoms with E-state index in [0.717, 1.165) is 55.6 Å². The highest BCUT2D eigenvalue weighted by Crippen LogP contribution is 2.43. The van der Waals surface area contributed by atoms with Crippen molar-refractivity contribution in [2.24, 2.45) is 13.0 Å². The summed E-state index contributed by atoms with van der Waals surface area (Å²) in [5, 5.41) is 21.3. The van der Waals surface area contributed by atoms with E-state index in [9.17, 15) is 23.2 Å². The summed E-state index contributed by atoms with van der Waals surface area (Å²) in [7, 11) is 3.38. The molecule has 0 saturated carbocycles. The number of carbonyl (C=O) groups is 3. The van der Waals surface area contributed by atoms with E-state index in [4.69, 9.17) is 19.7 Å². The van der Waals surface area contributed by atoms with Gasteiger partial charge in [-0.3, -0.25) is 14.2 Å². The number of rotatable bonds is 13. The van der Waals surface area contributed by atoms with Crippen molar-refractivity contribution < 1.29 is 37.7 Å². The Morgan fingerprint density at radius 2 is 1.69 bits per heavy atom. The lowest BCUT2D eigenvalue weighted by atomic mass is 9.92. The second-order valence-electron chi connectivity index (χ2n) is 16.2. The Labute approximate surface area is 352 Å². The number of hydrogen-bond donors (Lipinski definition) is 2. The summed E-state index contributed by atoms with van der Waals surface area (Å²) in [4.78, 5) is 53.2. The van der Waals surface area contributed by atoms with Gasteiger partial charge in [0.2, 0.25) is 11.9 Å². The first-order valence-electron chi connectivity index (χ1n) is 21.1. The maximum absolute atomic E-state index is 14.7. The van der Waals surface area contributed by atoms with Crippen LogP contribution >= 0.6 is 0 Å². The summed E-state index contributed by atoms with van der Waals surface area (Å²) in [5.41, 5.74) is 4.79. The minimum absolute atomic E-state index is 0.0261. The molecule has 19 heteroatoms. The van der Waals surface area contributed by atoms with Crippen LogP contribution in [0, 0.1) is 5.92 Å². The first kappa shape index (κ1) is 42.0. The lowest BCUT2D eigenvalue weighted by Crippen LogP contribution is -2.43. The third kappa shape index (κ3) is 9.17. The van der Waals surface area contributed by atoms with Gasteiger partial charge in [-0.1, -0.05) is 0 Å². The maximum atomic E-state index is 14.7. The van der Waals surface area contributed by atoms with E-state index in [2.05, 4.69) is 30.0 Å².